The number of hydrogen-bond donors (Lipinski definition) is 4. The van der Waals surface area contributed by atoms with Crippen LogP contribution in [0.2, 0.25) is 0 Å². The highest BCUT2D eigenvalue weighted by atomic mass is 16.2. The van der Waals surface area contributed by atoms with Crippen LogP contribution in [-0.4, -0.2) is 78.0 Å². The van der Waals surface area contributed by atoms with Crippen LogP contribution in [-0.2, 0) is 9.59 Å². The first kappa shape index (κ1) is 18.8. The second kappa shape index (κ2) is 7.55. The minimum Gasteiger partial charge on any atom is -0.341 e. The van der Waals surface area contributed by atoms with Crippen molar-refractivity contribution in [1.29, 1.82) is 0 Å². The van der Waals surface area contributed by atoms with Crippen LogP contribution in [0.1, 0.15) is 44.9 Å². The molecule has 0 bridgehead atoms. The van der Waals surface area contributed by atoms with Crippen molar-refractivity contribution in [2.24, 2.45) is 17.6 Å². The van der Waals surface area contributed by atoms with E-state index < -0.39 is 0 Å². The van der Waals surface area contributed by atoms with Crippen molar-refractivity contribution in [3.63, 3.8) is 0 Å². The van der Waals surface area contributed by atoms with Gasteiger partial charge in [0, 0.05) is 50.2 Å². The van der Waals surface area contributed by atoms with Gasteiger partial charge in [-0.05, 0) is 38.0 Å². The molecular formula is C20H34N6O2. The van der Waals surface area contributed by atoms with Gasteiger partial charge in [-0.2, -0.15) is 0 Å². The minimum atomic E-state index is -0.259. The Balaban J connectivity index is 1.22. The number of likely N-dealkylation sites (tertiary alicyclic amines) is 2. The fourth-order valence-corrected chi connectivity index (χ4v) is 6.16. The number of nitrogens with one attached hydrogen (secondary N) is 3. The first-order valence-corrected chi connectivity index (χ1v) is 11.2. The Morgan fingerprint density at radius 1 is 0.857 bits per heavy atom. The summed E-state index contributed by atoms with van der Waals surface area (Å²) in [6, 6.07) is 0.593. The molecule has 2 amide bonds. The molecule has 8 heteroatoms. The minimum absolute atomic E-state index is 0.0299. The lowest BCUT2D eigenvalue weighted by molar-refractivity contribution is -0.138. The molecule has 5 aliphatic rings. The zero-order valence-corrected chi connectivity index (χ0v) is 16.6. The van der Waals surface area contributed by atoms with Gasteiger partial charge in [0.2, 0.25) is 11.8 Å². The zero-order chi connectivity index (χ0) is 19.3. The van der Waals surface area contributed by atoms with E-state index in [1.165, 1.54) is 25.7 Å². The number of hydrogen-bond acceptors (Lipinski definition) is 6. The molecule has 4 heterocycles. The summed E-state index contributed by atoms with van der Waals surface area (Å²) in [7, 11) is 0. The van der Waals surface area contributed by atoms with Crippen molar-refractivity contribution in [2.75, 3.05) is 26.2 Å². The Bertz CT molecular complexity index is 616. The average Bonchev–Trinajstić information content (AvgIpc) is 3.43. The van der Waals surface area contributed by atoms with Gasteiger partial charge >= 0.3 is 0 Å². The van der Waals surface area contributed by atoms with E-state index in [1.54, 1.807) is 0 Å². The largest absolute Gasteiger partial charge is 0.341 e. The van der Waals surface area contributed by atoms with Gasteiger partial charge in [0.25, 0.3) is 0 Å². The van der Waals surface area contributed by atoms with Crippen LogP contribution in [0.15, 0.2) is 0 Å². The number of piperidine rings is 1. The van der Waals surface area contributed by atoms with Crippen molar-refractivity contribution < 1.29 is 9.59 Å². The van der Waals surface area contributed by atoms with Gasteiger partial charge in [-0.25, -0.2) is 5.43 Å². The molecule has 1 saturated carbocycles. The summed E-state index contributed by atoms with van der Waals surface area (Å²) in [5.41, 5.74) is 12.5. The van der Waals surface area contributed by atoms with Crippen molar-refractivity contribution in [2.45, 2.75) is 75.2 Å². The number of fused-ring (bicyclic) bond motifs is 2. The smallest absolute Gasteiger partial charge is 0.241 e. The van der Waals surface area contributed by atoms with Crippen LogP contribution in [0.4, 0.5) is 0 Å². The Labute approximate surface area is 166 Å². The molecule has 8 nitrogen and oxygen atoms in total. The van der Waals surface area contributed by atoms with Crippen LogP contribution < -0.4 is 21.9 Å². The Morgan fingerprint density at radius 3 is 2.43 bits per heavy atom. The molecule has 28 heavy (non-hydrogen) atoms. The van der Waals surface area contributed by atoms with Gasteiger partial charge in [-0.15, -0.1) is 0 Å². The maximum Gasteiger partial charge on any atom is 0.241 e. The summed E-state index contributed by atoms with van der Waals surface area (Å²) in [5, 5.41) is 3.62. The van der Waals surface area contributed by atoms with Crippen LogP contribution in [0.25, 0.3) is 0 Å². The summed E-state index contributed by atoms with van der Waals surface area (Å²) >= 11 is 0. The van der Waals surface area contributed by atoms with Gasteiger partial charge < -0.3 is 20.9 Å². The van der Waals surface area contributed by atoms with E-state index in [2.05, 4.69) is 16.2 Å². The van der Waals surface area contributed by atoms with Crippen LogP contribution in [0, 0.1) is 11.8 Å². The van der Waals surface area contributed by atoms with Gasteiger partial charge in [0.15, 0.2) is 0 Å². The molecule has 1 aliphatic carbocycles. The van der Waals surface area contributed by atoms with E-state index in [1.807, 2.05) is 9.80 Å². The topological polar surface area (TPSA) is 103 Å². The van der Waals surface area contributed by atoms with E-state index in [4.69, 9.17) is 5.73 Å². The zero-order valence-electron chi connectivity index (χ0n) is 16.6. The standard InChI is InChI=1S/C20H34N6O2/c21-13-5-7-25(10-13)20(28)18-14-11-26(8-6-16(14)23-24-18)19(27)17-9-12-3-1-2-4-15(12)22-17/h12-18,22-24H,1-11,21H2/t12?,13-,14?,15?,16?,17?,18?/m0/s1. The Morgan fingerprint density at radius 2 is 1.64 bits per heavy atom. The SMILES string of the molecule is N[C@H]1CCN(C(=O)C2NNC3CCN(C(=O)C4CC5CCCCC5N4)CC32)C1. The lowest BCUT2D eigenvalue weighted by Crippen LogP contribution is -2.55. The molecule has 6 unspecified atom stereocenters. The summed E-state index contributed by atoms with van der Waals surface area (Å²) in [4.78, 5) is 30.1. The number of carbonyl (C=O) groups is 2. The number of rotatable bonds is 2. The highest BCUT2D eigenvalue weighted by Gasteiger charge is 2.47. The Hall–Kier alpha value is -1.22. The van der Waals surface area contributed by atoms with E-state index in [-0.39, 0.29) is 41.9 Å². The van der Waals surface area contributed by atoms with E-state index in [0.717, 1.165) is 32.4 Å². The summed E-state index contributed by atoms with van der Waals surface area (Å²) in [6.45, 7) is 2.82. The number of hydrazine groups is 1. The number of nitrogens with two attached hydrogens (primary N) is 1. The molecule has 0 aromatic carbocycles. The lowest BCUT2D eigenvalue weighted by Gasteiger charge is -2.37. The maximum absolute atomic E-state index is 13.2. The summed E-state index contributed by atoms with van der Waals surface area (Å²) in [6.07, 6.45) is 7.81. The molecule has 0 radical (unpaired) electrons. The third-order valence-corrected chi connectivity index (χ3v) is 7.79. The summed E-state index contributed by atoms with van der Waals surface area (Å²) in [5.74, 6) is 1.18. The van der Waals surface area contributed by atoms with E-state index >= 15 is 0 Å². The van der Waals surface area contributed by atoms with Crippen LogP contribution >= 0.6 is 0 Å². The molecule has 5 N–H and O–H groups in total. The van der Waals surface area contributed by atoms with Gasteiger partial charge in [0.1, 0.15) is 6.04 Å². The molecule has 4 saturated heterocycles. The van der Waals surface area contributed by atoms with Crippen molar-refractivity contribution in [1.82, 2.24) is 26.0 Å². The molecule has 5 rings (SSSR count). The van der Waals surface area contributed by atoms with Crippen LogP contribution in [0.3, 0.4) is 0 Å². The van der Waals surface area contributed by atoms with Crippen molar-refractivity contribution >= 4 is 11.8 Å². The fraction of sp³-hybridized carbons (Fsp3) is 0.900. The molecule has 0 aromatic heterocycles. The monoisotopic (exact) mass is 390 g/mol. The molecule has 156 valence electrons. The highest BCUT2D eigenvalue weighted by Crippen LogP contribution is 2.34. The molecule has 4 aliphatic heterocycles. The quantitative estimate of drug-likeness (QED) is 0.490. The molecule has 5 fully saturated rings. The fourth-order valence-electron chi connectivity index (χ4n) is 6.16. The van der Waals surface area contributed by atoms with Crippen molar-refractivity contribution in [3.8, 4) is 0 Å². The average molecular weight is 391 g/mol. The molecular weight excluding hydrogens is 356 g/mol. The highest BCUT2D eigenvalue weighted by molar-refractivity contribution is 5.84. The second-order valence-electron chi connectivity index (χ2n) is 9.55. The predicted octanol–water partition coefficient (Wildman–Crippen LogP) is -0.840. The first-order chi connectivity index (χ1) is 13.6. The molecule has 7 atom stereocenters. The normalized spacial score (nSPS) is 43.1. The third kappa shape index (κ3) is 3.34. The Kier molecular flexibility index (Phi) is 5.07. The second-order valence-corrected chi connectivity index (χ2v) is 9.55. The summed E-state index contributed by atoms with van der Waals surface area (Å²) < 4.78 is 0. The van der Waals surface area contributed by atoms with Gasteiger partial charge in [-0.1, -0.05) is 12.8 Å². The van der Waals surface area contributed by atoms with E-state index in [0.29, 0.717) is 25.0 Å². The number of nitrogens with zero attached hydrogens (tertiary/aromatic N) is 2. The van der Waals surface area contributed by atoms with E-state index in [9.17, 15) is 9.59 Å². The number of carbonyl (C=O) groups excluding carboxylic acids is 2. The van der Waals surface area contributed by atoms with Crippen molar-refractivity contribution in [3.05, 3.63) is 0 Å². The lowest BCUT2D eigenvalue weighted by atomic mass is 9.84. The first-order valence-electron chi connectivity index (χ1n) is 11.2. The predicted molar refractivity (Wildman–Crippen MR) is 105 cm³/mol. The van der Waals surface area contributed by atoms with Crippen LogP contribution in [0.5, 0.6) is 0 Å². The molecule has 0 spiro atoms. The van der Waals surface area contributed by atoms with Gasteiger partial charge in [0.05, 0.1) is 6.04 Å². The molecule has 0 aromatic rings. The number of amides is 2. The van der Waals surface area contributed by atoms with Gasteiger partial charge in [-0.3, -0.25) is 15.0 Å². The maximum atomic E-state index is 13.2. The third-order valence-electron chi connectivity index (χ3n) is 7.79.